The van der Waals surface area contributed by atoms with Gasteiger partial charge in [-0.2, -0.15) is 0 Å². The zero-order chi connectivity index (χ0) is 22.3. The fourth-order valence-electron chi connectivity index (χ4n) is 4.63. The lowest BCUT2D eigenvalue weighted by atomic mass is 10.1. The Morgan fingerprint density at radius 3 is 2.03 bits per heavy atom. The lowest BCUT2D eigenvalue weighted by Crippen LogP contribution is -3.13. The van der Waals surface area contributed by atoms with Gasteiger partial charge < -0.3 is 9.80 Å². The quantitative estimate of drug-likeness (QED) is 0.486. The number of unbranched alkanes of at least 4 members (excludes halogenated alkanes) is 3. The highest BCUT2D eigenvalue weighted by Gasteiger charge is 2.34. The summed E-state index contributed by atoms with van der Waals surface area (Å²) in [5, 5.41) is 0. The van der Waals surface area contributed by atoms with Crippen LogP contribution in [0, 0.1) is 0 Å². The number of rotatable bonds is 9. The molecule has 0 spiro atoms. The van der Waals surface area contributed by atoms with Crippen LogP contribution in [0.5, 0.6) is 0 Å². The molecular formula is C26H32N3O3+. The molecule has 6 heteroatoms. The van der Waals surface area contributed by atoms with Crippen LogP contribution in [0.25, 0.3) is 0 Å². The number of hydrogen-bond donors (Lipinski definition) is 1. The SMILES string of the molecule is O=C(CCCCCCN1C(=O)c2ccccc2C1=O)N1CC[NH+](Cc2ccccc2)CC1. The highest BCUT2D eigenvalue weighted by atomic mass is 16.2. The Morgan fingerprint density at radius 2 is 1.38 bits per heavy atom. The maximum absolute atomic E-state index is 12.5. The van der Waals surface area contributed by atoms with Crippen molar-refractivity contribution in [3.05, 3.63) is 71.3 Å². The summed E-state index contributed by atoms with van der Waals surface area (Å²) in [4.78, 5) is 42.2. The second-order valence-electron chi connectivity index (χ2n) is 8.76. The average Bonchev–Trinajstić information content (AvgIpc) is 3.07. The minimum atomic E-state index is -0.186. The topological polar surface area (TPSA) is 62.1 Å². The second kappa shape index (κ2) is 10.6. The molecule has 0 unspecified atom stereocenters. The number of nitrogens with zero attached hydrogens (tertiary/aromatic N) is 2. The highest BCUT2D eigenvalue weighted by molar-refractivity contribution is 6.21. The van der Waals surface area contributed by atoms with Crippen molar-refractivity contribution in [2.45, 2.75) is 38.6 Å². The standard InChI is InChI=1S/C26H31N3O3/c30-24(28-18-16-27(17-19-28)20-21-10-4-3-5-11-21)14-6-1-2-9-15-29-25(31)22-12-7-8-13-23(22)26(29)32/h3-5,7-8,10-13H,1-2,6,9,14-20H2/p+1. The molecule has 4 rings (SSSR count). The van der Waals surface area contributed by atoms with Crippen molar-refractivity contribution in [1.29, 1.82) is 0 Å². The number of imide groups is 1. The molecular weight excluding hydrogens is 402 g/mol. The third-order valence-electron chi connectivity index (χ3n) is 6.52. The number of quaternary nitrogens is 1. The monoisotopic (exact) mass is 434 g/mol. The molecule has 2 aromatic carbocycles. The molecule has 32 heavy (non-hydrogen) atoms. The van der Waals surface area contributed by atoms with Crippen molar-refractivity contribution >= 4 is 17.7 Å². The maximum Gasteiger partial charge on any atom is 0.261 e. The highest BCUT2D eigenvalue weighted by Crippen LogP contribution is 2.22. The van der Waals surface area contributed by atoms with Crippen LogP contribution in [0.2, 0.25) is 0 Å². The van der Waals surface area contributed by atoms with Crippen molar-refractivity contribution in [3.63, 3.8) is 0 Å². The van der Waals surface area contributed by atoms with Gasteiger partial charge in [0.15, 0.2) is 0 Å². The molecule has 1 N–H and O–H groups in total. The number of hydrogen-bond acceptors (Lipinski definition) is 3. The molecule has 2 aliphatic heterocycles. The van der Waals surface area contributed by atoms with E-state index in [4.69, 9.17) is 0 Å². The molecule has 0 aromatic heterocycles. The summed E-state index contributed by atoms with van der Waals surface area (Å²) in [6.07, 6.45) is 4.07. The van der Waals surface area contributed by atoms with Crippen LogP contribution >= 0.6 is 0 Å². The van der Waals surface area contributed by atoms with E-state index in [-0.39, 0.29) is 17.7 Å². The molecule has 168 valence electrons. The first-order chi connectivity index (χ1) is 15.6. The van der Waals surface area contributed by atoms with E-state index in [0.717, 1.165) is 58.4 Å². The molecule has 6 nitrogen and oxygen atoms in total. The molecule has 0 radical (unpaired) electrons. The van der Waals surface area contributed by atoms with Gasteiger partial charge in [-0.25, -0.2) is 0 Å². The lowest BCUT2D eigenvalue weighted by Gasteiger charge is -2.32. The van der Waals surface area contributed by atoms with Gasteiger partial charge in [-0.15, -0.1) is 0 Å². The Bertz CT molecular complexity index is 917. The number of piperazine rings is 1. The van der Waals surface area contributed by atoms with E-state index in [1.54, 1.807) is 24.3 Å². The summed E-state index contributed by atoms with van der Waals surface area (Å²) in [5.41, 5.74) is 2.37. The summed E-state index contributed by atoms with van der Waals surface area (Å²) in [5.74, 6) is -0.118. The van der Waals surface area contributed by atoms with E-state index < -0.39 is 0 Å². The van der Waals surface area contributed by atoms with Crippen LogP contribution in [0.15, 0.2) is 54.6 Å². The molecule has 2 aromatic rings. The first-order valence-electron chi connectivity index (χ1n) is 11.7. The Balaban J connectivity index is 1.09. The molecule has 0 bridgehead atoms. The summed E-state index contributed by atoms with van der Waals surface area (Å²) < 4.78 is 0. The number of fused-ring (bicyclic) bond motifs is 1. The molecule has 2 heterocycles. The van der Waals surface area contributed by atoms with Gasteiger partial charge in [0.2, 0.25) is 5.91 Å². The van der Waals surface area contributed by atoms with Gasteiger partial charge in [0.25, 0.3) is 11.8 Å². The molecule has 0 aliphatic carbocycles. The number of carbonyl (C=O) groups is 3. The van der Waals surface area contributed by atoms with Gasteiger partial charge in [0.1, 0.15) is 6.54 Å². The Hall–Kier alpha value is -2.99. The first-order valence-corrected chi connectivity index (χ1v) is 11.7. The fraction of sp³-hybridized carbons (Fsp3) is 0.423. The Labute approximate surface area is 189 Å². The average molecular weight is 435 g/mol. The summed E-state index contributed by atoms with van der Waals surface area (Å²) in [6, 6.07) is 17.5. The van der Waals surface area contributed by atoms with E-state index in [2.05, 4.69) is 24.3 Å². The van der Waals surface area contributed by atoms with Gasteiger partial charge in [-0.1, -0.05) is 55.3 Å². The van der Waals surface area contributed by atoms with Gasteiger partial charge in [0.05, 0.1) is 37.3 Å². The molecule has 0 saturated carbocycles. The van der Waals surface area contributed by atoms with Gasteiger partial charge in [0, 0.05) is 18.5 Å². The van der Waals surface area contributed by atoms with Gasteiger partial charge in [-0.05, 0) is 25.0 Å². The van der Waals surface area contributed by atoms with Crippen LogP contribution in [-0.4, -0.2) is 60.2 Å². The Kier molecular flexibility index (Phi) is 7.32. The van der Waals surface area contributed by atoms with E-state index in [1.807, 2.05) is 11.0 Å². The number of carbonyl (C=O) groups excluding carboxylic acids is 3. The Morgan fingerprint density at radius 1 is 0.781 bits per heavy atom. The van der Waals surface area contributed by atoms with Crippen molar-refractivity contribution in [1.82, 2.24) is 9.80 Å². The van der Waals surface area contributed by atoms with E-state index in [1.165, 1.54) is 15.4 Å². The minimum absolute atomic E-state index is 0.186. The smallest absolute Gasteiger partial charge is 0.261 e. The number of amides is 3. The molecule has 0 atom stereocenters. The largest absolute Gasteiger partial charge is 0.331 e. The number of benzene rings is 2. The van der Waals surface area contributed by atoms with Crippen molar-refractivity contribution in [2.24, 2.45) is 0 Å². The lowest BCUT2D eigenvalue weighted by molar-refractivity contribution is -0.917. The zero-order valence-corrected chi connectivity index (χ0v) is 18.6. The fourth-order valence-corrected chi connectivity index (χ4v) is 4.63. The van der Waals surface area contributed by atoms with E-state index in [9.17, 15) is 14.4 Å². The third-order valence-corrected chi connectivity index (χ3v) is 6.52. The van der Waals surface area contributed by atoms with E-state index in [0.29, 0.717) is 24.1 Å². The van der Waals surface area contributed by atoms with E-state index >= 15 is 0 Å². The summed E-state index contributed by atoms with van der Waals surface area (Å²) >= 11 is 0. The predicted octanol–water partition coefficient (Wildman–Crippen LogP) is 2.16. The van der Waals surface area contributed by atoms with Crippen LogP contribution < -0.4 is 4.90 Å². The third kappa shape index (κ3) is 5.25. The summed E-state index contributed by atoms with van der Waals surface area (Å²) in [7, 11) is 0. The van der Waals surface area contributed by atoms with Crippen molar-refractivity contribution in [2.75, 3.05) is 32.7 Å². The maximum atomic E-state index is 12.5. The normalized spacial score (nSPS) is 16.5. The molecule has 1 fully saturated rings. The van der Waals surface area contributed by atoms with Crippen LogP contribution in [0.3, 0.4) is 0 Å². The molecule has 2 aliphatic rings. The van der Waals surface area contributed by atoms with Gasteiger partial charge in [-0.3, -0.25) is 19.3 Å². The number of nitrogens with one attached hydrogen (secondary N) is 1. The van der Waals surface area contributed by atoms with Crippen LogP contribution in [0.4, 0.5) is 0 Å². The van der Waals surface area contributed by atoms with Gasteiger partial charge >= 0.3 is 0 Å². The van der Waals surface area contributed by atoms with Crippen LogP contribution in [0.1, 0.15) is 58.4 Å². The molecule has 3 amide bonds. The minimum Gasteiger partial charge on any atom is -0.331 e. The zero-order valence-electron chi connectivity index (χ0n) is 18.6. The van der Waals surface area contributed by atoms with Crippen molar-refractivity contribution < 1.29 is 19.3 Å². The summed E-state index contributed by atoms with van der Waals surface area (Å²) in [6.45, 7) is 5.14. The van der Waals surface area contributed by atoms with Crippen molar-refractivity contribution in [3.8, 4) is 0 Å². The van der Waals surface area contributed by atoms with Crippen LogP contribution in [-0.2, 0) is 11.3 Å². The molecule has 1 saturated heterocycles. The first kappa shape index (κ1) is 22.2. The second-order valence-corrected chi connectivity index (χ2v) is 8.76. The predicted molar refractivity (Wildman–Crippen MR) is 122 cm³/mol.